The zero-order valence-electron chi connectivity index (χ0n) is 7.67. The van der Waals surface area contributed by atoms with Crippen LogP contribution in [-0.2, 0) is 6.42 Å². The first-order chi connectivity index (χ1) is 5.75. The first-order valence-corrected chi connectivity index (χ1v) is 4.27. The van der Waals surface area contributed by atoms with Crippen molar-refractivity contribution in [2.75, 3.05) is 0 Å². The van der Waals surface area contributed by atoms with Gasteiger partial charge in [0.25, 0.3) is 0 Å². The van der Waals surface area contributed by atoms with E-state index in [1.165, 1.54) is 11.1 Å². The van der Waals surface area contributed by atoms with Gasteiger partial charge in [0, 0.05) is 6.42 Å². The highest BCUT2D eigenvalue weighted by Gasteiger charge is 2.03. The highest BCUT2D eigenvalue weighted by Crippen LogP contribution is 2.18. The van der Waals surface area contributed by atoms with Crippen molar-refractivity contribution >= 4 is 0 Å². The minimum Gasteiger partial charge on any atom is -0.120 e. The largest absolute Gasteiger partial charge is 0.120 e. The Kier molecular flexibility index (Phi) is 2.94. The summed E-state index contributed by atoms with van der Waals surface area (Å²) in [5.74, 6) is 3.24. The lowest BCUT2D eigenvalue weighted by molar-refractivity contribution is 0.852. The van der Waals surface area contributed by atoms with Crippen LogP contribution in [0.1, 0.15) is 30.9 Å². The molecule has 0 aliphatic heterocycles. The van der Waals surface area contributed by atoms with Crippen LogP contribution < -0.4 is 0 Å². The van der Waals surface area contributed by atoms with Crippen molar-refractivity contribution in [2.45, 2.75) is 26.2 Å². The molecule has 0 bridgehead atoms. The summed E-state index contributed by atoms with van der Waals surface area (Å²) in [5.41, 5.74) is 2.66. The molecule has 0 heterocycles. The number of rotatable bonds is 2. The van der Waals surface area contributed by atoms with Crippen LogP contribution >= 0.6 is 0 Å². The third kappa shape index (κ3) is 1.89. The van der Waals surface area contributed by atoms with Crippen molar-refractivity contribution in [3.63, 3.8) is 0 Å². The van der Waals surface area contributed by atoms with E-state index in [0.717, 1.165) is 6.42 Å². The van der Waals surface area contributed by atoms with Crippen molar-refractivity contribution in [1.82, 2.24) is 0 Å². The van der Waals surface area contributed by atoms with Gasteiger partial charge in [-0.3, -0.25) is 0 Å². The summed E-state index contributed by atoms with van der Waals surface area (Å²) >= 11 is 0. The predicted octanol–water partition coefficient (Wildman–Crippen LogP) is 2.99. The SMILES string of the molecule is C#CCc1ccccc1C(C)C. The van der Waals surface area contributed by atoms with Crippen LogP contribution in [0.2, 0.25) is 0 Å². The van der Waals surface area contributed by atoms with Crippen molar-refractivity contribution < 1.29 is 0 Å². The summed E-state index contributed by atoms with van der Waals surface area (Å²) < 4.78 is 0. The number of hydrogen-bond acceptors (Lipinski definition) is 0. The molecule has 0 spiro atoms. The van der Waals surface area contributed by atoms with Crippen LogP contribution in [0.15, 0.2) is 24.3 Å². The van der Waals surface area contributed by atoms with Gasteiger partial charge in [-0.25, -0.2) is 0 Å². The van der Waals surface area contributed by atoms with E-state index < -0.39 is 0 Å². The van der Waals surface area contributed by atoms with Crippen molar-refractivity contribution in [1.29, 1.82) is 0 Å². The number of benzene rings is 1. The monoisotopic (exact) mass is 158 g/mol. The summed E-state index contributed by atoms with van der Waals surface area (Å²) in [6.07, 6.45) is 6.02. The van der Waals surface area contributed by atoms with E-state index in [9.17, 15) is 0 Å². The second kappa shape index (κ2) is 3.97. The maximum atomic E-state index is 5.28. The van der Waals surface area contributed by atoms with E-state index in [4.69, 9.17) is 6.42 Å². The zero-order valence-corrected chi connectivity index (χ0v) is 7.67. The molecule has 0 aliphatic rings. The normalized spacial score (nSPS) is 9.83. The van der Waals surface area contributed by atoms with Crippen molar-refractivity contribution in [3.8, 4) is 12.3 Å². The van der Waals surface area contributed by atoms with E-state index in [2.05, 4.69) is 38.0 Å². The molecule has 1 aromatic rings. The first kappa shape index (κ1) is 8.87. The lowest BCUT2D eigenvalue weighted by Crippen LogP contribution is -1.94. The Balaban J connectivity index is 3.02. The van der Waals surface area contributed by atoms with Crippen molar-refractivity contribution in [2.24, 2.45) is 0 Å². The first-order valence-electron chi connectivity index (χ1n) is 4.27. The molecular formula is C12H14. The number of hydrogen-bond donors (Lipinski definition) is 0. The van der Waals surface area contributed by atoms with Gasteiger partial charge < -0.3 is 0 Å². The van der Waals surface area contributed by atoms with E-state index in [1.807, 2.05) is 6.07 Å². The molecule has 0 atom stereocenters. The molecule has 0 aliphatic carbocycles. The average molecular weight is 158 g/mol. The quantitative estimate of drug-likeness (QED) is 0.580. The maximum Gasteiger partial charge on any atom is 0.0340 e. The Hall–Kier alpha value is -1.22. The second-order valence-electron chi connectivity index (χ2n) is 3.23. The lowest BCUT2D eigenvalue weighted by Gasteiger charge is -2.09. The molecule has 62 valence electrons. The number of terminal acetylenes is 1. The topological polar surface area (TPSA) is 0 Å². The summed E-state index contributed by atoms with van der Waals surface area (Å²) in [5, 5.41) is 0. The molecule has 0 aromatic heterocycles. The van der Waals surface area contributed by atoms with Gasteiger partial charge in [-0.15, -0.1) is 12.3 Å². The van der Waals surface area contributed by atoms with E-state index in [1.54, 1.807) is 0 Å². The van der Waals surface area contributed by atoms with E-state index >= 15 is 0 Å². The Labute approximate surface area is 74.6 Å². The fourth-order valence-electron chi connectivity index (χ4n) is 1.37. The lowest BCUT2D eigenvalue weighted by atomic mass is 9.96. The van der Waals surface area contributed by atoms with Gasteiger partial charge in [-0.05, 0) is 17.0 Å². The van der Waals surface area contributed by atoms with Crippen LogP contribution in [0.25, 0.3) is 0 Å². The zero-order chi connectivity index (χ0) is 8.97. The highest BCUT2D eigenvalue weighted by atomic mass is 14.1. The smallest absolute Gasteiger partial charge is 0.0340 e. The maximum absolute atomic E-state index is 5.28. The summed E-state index contributed by atoms with van der Waals surface area (Å²) in [7, 11) is 0. The Morgan fingerprint density at radius 2 is 2.00 bits per heavy atom. The summed E-state index contributed by atoms with van der Waals surface area (Å²) in [6, 6.07) is 8.36. The predicted molar refractivity (Wildman–Crippen MR) is 53.1 cm³/mol. The standard InChI is InChI=1S/C12H14/c1-4-7-11-8-5-6-9-12(11)10(2)3/h1,5-6,8-10H,7H2,2-3H3. The molecule has 0 heteroatoms. The molecule has 0 unspecified atom stereocenters. The molecule has 0 fully saturated rings. The van der Waals surface area contributed by atoms with Crippen LogP contribution in [0.5, 0.6) is 0 Å². The Morgan fingerprint density at radius 1 is 1.33 bits per heavy atom. The van der Waals surface area contributed by atoms with Gasteiger partial charge in [0.2, 0.25) is 0 Å². The molecule has 0 nitrogen and oxygen atoms in total. The van der Waals surface area contributed by atoms with Gasteiger partial charge in [0.1, 0.15) is 0 Å². The van der Waals surface area contributed by atoms with Gasteiger partial charge in [-0.1, -0.05) is 38.1 Å². The Morgan fingerprint density at radius 3 is 2.58 bits per heavy atom. The van der Waals surface area contributed by atoms with Crippen LogP contribution in [0, 0.1) is 12.3 Å². The minimum absolute atomic E-state index is 0.564. The van der Waals surface area contributed by atoms with Crippen LogP contribution in [-0.4, -0.2) is 0 Å². The highest BCUT2D eigenvalue weighted by molar-refractivity contribution is 5.32. The summed E-state index contributed by atoms with van der Waals surface area (Å²) in [6.45, 7) is 4.38. The molecule has 12 heavy (non-hydrogen) atoms. The minimum atomic E-state index is 0.564. The second-order valence-corrected chi connectivity index (χ2v) is 3.23. The molecular weight excluding hydrogens is 144 g/mol. The molecule has 1 rings (SSSR count). The van der Waals surface area contributed by atoms with Gasteiger partial charge >= 0.3 is 0 Å². The molecule has 0 saturated carbocycles. The summed E-state index contributed by atoms with van der Waals surface area (Å²) in [4.78, 5) is 0. The van der Waals surface area contributed by atoms with E-state index in [0.29, 0.717) is 5.92 Å². The van der Waals surface area contributed by atoms with Crippen molar-refractivity contribution in [3.05, 3.63) is 35.4 Å². The molecule has 0 radical (unpaired) electrons. The molecule has 0 amide bonds. The third-order valence-corrected chi connectivity index (χ3v) is 1.97. The fraction of sp³-hybridized carbons (Fsp3) is 0.333. The Bertz CT molecular complexity index is 289. The average Bonchev–Trinajstić information content (AvgIpc) is 2.05. The van der Waals surface area contributed by atoms with Gasteiger partial charge in [0.15, 0.2) is 0 Å². The molecule has 0 N–H and O–H groups in total. The molecule has 0 saturated heterocycles. The van der Waals surface area contributed by atoms with E-state index in [-0.39, 0.29) is 0 Å². The van der Waals surface area contributed by atoms with Gasteiger partial charge in [-0.2, -0.15) is 0 Å². The van der Waals surface area contributed by atoms with Gasteiger partial charge in [0.05, 0.1) is 0 Å². The molecule has 1 aromatic carbocycles. The third-order valence-electron chi connectivity index (χ3n) is 1.97. The fourth-order valence-corrected chi connectivity index (χ4v) is 1.37. The van der Waals surface area contributed by atoms with Crippen LogP contribution in [0.3, 0.4) is 0 Å². The van der Waals surface area contributed by atoms with Crippen LogP contribution in [0.4, 0.5) is 0 Å².